The summed E-state index contributed by atoms with van der Waals surface area (Å²) in [4.78, 5) is 6.81. The summed E-state index contributed by atoms with van der Waals surface area (Å²) in [5.74, 6) is 0.870. The molecule has 0 saturated carbocycles. The molecule has 0 saturated heterocycles. The number of imidazole rings is 1. The largest absolute Gasteiger partial charge is 0.497 e. The van der Waals surface area contributed by atoms with Crippen molar-refractivity contribution in [2.75, 3.05) is 27.2 Å². The van der Waals surface area contributed by atoms with Crippen LogP contribution in [0, 0.1) is 0 Å². The average Bonchev–Trinajstić information content (AvgIpc) is 3.17. The number of ether oxygens (including phenoxy) is 1. The van der Waals surface area contributed by atoms with Gasteiger partial charge in [0.15, 0.2) is 0 Å². The van der Waals surface area contributed by atoms with Crippen molar-refractivity contribution in [2.24, 2.45) is 5.73 Å². The molecule has 5 nitrogen and oxygen atoms in total. The summed E-state index contributed by atoms with van der Waals surface area (Å²) in [7, 11) is 3.78. The van der Waals surface area contributed by atoms with Crippen molar-refractivity contribution >= 4 is 11.0 Å². The van der Waals surface area contributed by atoms with E-state index in [4.69, 9.17) is 10.5 Å². The van der Waals surface area contributed by atoms with Crippen molar-refractivity contribution in [3.8, 4) is 16.9 Å². The average molecular weight is 401 g/mol. The maximum absolute atomic E-state index is 5.64. The van der Waals surface area contributed by atoms with E-state index in [1.54, 1.807) is 7.11 Å². The topological polar surface area (TPSA) is 56.3 Å². The lowest BCUT2D eigenvalue weighted by Gasteiger charge is -2.15. The maximum Gasteiger partial charge on any atom is 0.118 e. The SMILES string of the molecule is COc1ccc(Cn2cnc3ccc(-c4ccc(CN(C)CCN)cc4)cc32)cc1. The first-order valence-electron chi connectivity index (χ1n) is 10.2. The number of methoxy groups -OCH3 is 1. The number of nitrogens with zero attached hydrogens (tertiary/aromatic N) is 3. The van der Waals surface area contributed by atoms with E-state index < -0.39 is 0 Å². The van der Waals surface area contributed by atoms with Gasteiger partial charge in [-0.3, -0.25) is 0 Å². The van der Waals surface area contributed by atoms with E-state index in [2.05, 4.69) is 76.1 Å². The Balaban J connectivity index is 1.56. The molecule has 0 bridgehead atoms. The Hall–Kier alpha value is -3.15. The number of hydrogen-bond donors (Lipinski definition) is 1. The summed E-state index contributed by atoms with van der Waals surface area (Å²) in [6, 6.07) is 23.4. The fourth-order valence-corrected chi connectivity index (χ4v) is 3.70. The highest BCUT2D eigenvalue weighted by atomic mass is 16.5. The van der Waals surface area contributed by atoms with E-state index in [0.29, 0.717) is 6.54 Å². The maximum atomic E-state index is 5.64. The van der Waals surface area contributed by atoms with Gasteiger partial charge in [0.2, 0.25) is 0 Å². The van der Waals surface area contributed by atoms with Crippen LogP contribution in [0.1, 0.15) is 11.1 Å². The summed E-state index contributed by atoms with van der Waals surface area (Å²) in [5.41, 5.74) is 12.7. The van der Waals surface area contributed by atoms with Gasteiger partial charge in [0.05, 0.1) is 24.5 Å². The molecule has 154 valence electrons. The van der Waals surface area contributed by atoms with Crippen LogP contribution in [0.4, 0.5) is 0 Å². The molecule has 5 heteroatoms. The summed E-state index contributed by atoms with van der Waals surface area (Å²) in [6.45, 7) is 3.26. The van der Waals surface area contributed by atoms with Gasteiger partial charge in [-0.05, 0) is 53.6 Å². The predicted molar refractivity (Wildman–Crippen MR) is 123 cm³/mol. The van der Waals surface area contributed by atoms with Crippen LogP contribution in [0.25, 0.3) is 22.2 Å². The lowest BCUT2D eigenvalue weighted by molar-refractivity contribution is 0.336. The molecule has 4 aromatic rings. The number of nitrogens with two attached hydrogens (primary N) is 1. The molecule has 0 unspecified atom stereocenters. The van der Waals surface area contributed by atoms with Crippen LogP contribution >= 0.6 is 0 Å². The molecular weight excluding hydrogens is 372 g/mol. The molecule has 0 aliphatic carbocycles. The fourth-order valence-electron chi connectivity index (χ4n) is 3.70. The zero-order valence-electron chi connectivity index (χ0n) is 17.6. The number of likely N-dealkylation sites (N-methyl/N-ethyl adjacent to an activating group) is 1. The number of aromatic nitrogens is 2. The van der Waals surface area contributed by atoms with E-state index in [1.807, 2.05) is 18.5 Å². The Kier molecular flexibility index (Phi) is 6.12. The van der Waals surface area contributed by atoms with Gasteiger partial charge in [-0.15, -0.1) is 0 Å². The minimum Gasteiger partial charge on any atom is -0.497 e. The van der Waals surface area contributed by atoms with E-state index >= 15 is 0 Å². The van der Waals surface area contributed by atoms with E-state index in [1.165, 1.54) is 22.3 Å². The second-order valence-corrected chi connectivity index (χ2v) is 7.65. The smallest absolute Gasteiger partial charge is 0.118 e. The van der Waals surface area contributed by atoms with Gasteiger partial charge < -0.3 is 19.9 Å². The highest BCUT2D eigenvalue weighted by Crippen LogP contribution is 2.25. The van der Waals surface area contributed by atoms with Crippen molar-refractivity contribution in [1.29, 1.82) is 0 Å². The molecule has 30 heavy (non-hydrogen) atoms. The third kappa shape index (κ3) is 4.53. The molecule has 0 spiro atoms. The van der Waals surface area contributed by atoms with Crippen molar-refractivity contribution < 1.29 is 4.74 Å². The minimum atomic E-state index is 0.679. The first-order valence-corrected chi connectivity index (χ1v) is 10.2. The molecule has 0 fully saturated rings. The van der Waals surface area contributed by atoms with E-state index in [9.17, 15) is 0 Å². The molecule has 0 atom stereocenters. The van der Waals surface area contributed by atoms with Crippen LogP contribution in [0.5, 0.6) is 5.75 Å². The van der Waals surface area contributed by atoms with Gasteiger partial charge in [-0.25, -0.2) is 4.98 Å². The number of fused-ring (bicyclic) bond motifs is 1. The van der Waals surface area contributed by atoms with Crippen LogP contribution in [0.3, 0.4) is 0 Å². The fraction of sp³-hybridized carbons (Fsp3) is 0.240. The summed E-state index contributed by atoms with van der Waals surface area (Å²) in [5, 5.41) is 0. The highest BCUT2D eigenvalue weighted by Gasteiger charge is 2.07. The van der Waals surface area contributed by atoms with Gasteiger partial charge in [0.25, 0.3) is 0 Å². The first kappa shape index (κ1) is 20.1. The third-order valence-corrected chi connectivity index (χ3v) is 5.38. The van der Waals surface area contributed by atoms with Crippen LogP contribution in [0.2, 0.25) is 0 Å². The molecule has 0 amide bonds. The summed E-state index contributed by atoms with van der Waals surface area (Å²) >= 11 is 0. The molecule has 4 rings (SSSR count). The van der Waals surface area contributed by atoms with Crippen molar-refractivity contribution in [2.45, 2.75) is 13.1 Å². The van der Waals surface area contributed by atoms with Gasteiger partial charge in [0, 0.05) is 26.2 Å². The second kappa shape index (κ2) is 9.11. The van der Waals surface area contributed by atoms with Crippen LogP contribution in [-0.2, 0) is 13.1 Å². The molecule has 0 aliphatic heterocycles. The van der Waals surface area contributed by atoms with Crippen LogP contribution < -0.4 is 10.5 Å². The van der Waals surface area contributed by atoms with Gasteiger partial charge in [0.1, 0.15) is 5.75 Å². The van der Waals surface area contributed by atoms with E-state index in [-0.39, 0.29) is 0 Å². The first-order chi connectivity index (χ1) is 14.7. The van der Waals surface area contributed by atoms with Crippen molar-refractivity contribution in [3.63, 3.8) is 0 Å². The Labute approximate surface area is 177 Å². The third-order valence-electron chi connectivity index (χ3n) is 5.38. The van der Waals surface area contributed by atoms with Crippen LogP contribution in [0.15, 0.2) is 73.1 Å². The molecule has 2 N–H and O–H groups in total. The number of hydrogen-bond acceptors (Lipinski definition) is 4. The Morgan fingerprint density at radius 3 is 2.33 bits per heavy atom. The Morgan fingerprint density at radius 2 is 1.63 bits per heavy atom. The Morgan fingerprint density at radius 1 is 0.933 bits per heavy atom. The molecule has 0 aliphatic rings. The van der Waals surface area contributed by atoms with Gasteiger partial charge in [-0.1, -0.05) is 42.5 Å². The number of benzene rings is 3. The number of rotatable bonds is 8. The molecular formula is C25H28N4O. The van der Waals surface area contributed by atoms with Gasteiger partial charge in [-0.2, -0.15) is 0 Å². The lowest BCUT2D eigenvalue weighted by Crippen LogP contribution is -2.24. The van der Waals surface area contributed by atoms with E-state index in [0.717, 1.165) is 36.4 Å². The molecule has 0 radical (unpaired) electrons. The van der Waals surface area contributed by atoms with Crippen molar-refractivity contribution in [3.05, 3.63) is 84.2 Å². The lowest BCUT2D eigenvalue weighted by atomic mass is 10.0. The Bertz CT molecular complexity index is 1100. The molecule has 1 heterocycles. The van der Waals surface area contributed by atoms with Crippen molar-refractivity contribution in [1.82, 2.24) is 14.5 Å². The van der Waals surface area contributed by atoms with Crippen LogP contribution in [-0.4, -0.2) is 41.7 Å². The normalized spacial score (nSPS) is 11.3. The quantitative estimate of drug-likeness (QED) is 0.483. The second-order valence-electron chi connectivity index (χ2n) is 7.65. The predicted octanol–water partition coefficient (Wildman–Crippen LogP) is 4.15. The minimum absolute atomic E-state index is 0.679. The zero-order chi connectivity index (χ0) is 20.9. The zero-order valence-corrected chi connectivity index (χ0v) is 17.6. The standard InChI is InChI=1S/C25H28N4O/c1-28(14-13-26)16-19-3-7-21(8-4-19)22-9-12-24-25(15-22)29(18-27-24)17-20-5-10-23(30-2)11-6-20/h3-12,15,18H,13-14,16-17,26H2,1-2H3. The summed E-state index contributed by atoms with van der Waals surface area (Å²) in [6.07, 6.45) is 1.91. The highest BCUT2D eigenvalue weighted by molar-refractivity contribution is 5.82. The summed E-state index contributed by atoms with van der Waals surface area (Å²) < 4.78 is 7.44. The molecule has 3 aromatic carbocycles. The molecule has 1 aromatic heterocycles. The monoisotopic (exact) mass is 400 g/mol. The van der Waals surface area contributed by atoms with Gasteiger partial charge >= 0.3 is 0 Å².